The zero-order valence-electron chi connectivity index (χ0n) is 7.26. The van der Waals surface area contributed by atoms with E-state index in [1.807, 2.05) is 0 Å². The number of halogens is 1. The van der Waals surface area contributed by atoms with Gasteiger partial charge in [-0.25, -0.2) is 0 Å². The molecule has 0 aromatic carbocycles. The first kappa shape index (κ1) is 10.2. The molecule has 1 rings (SSSR count). The van der Waals surface area contributed by atoms with Gasteiger partial charge in [0.1, 0.15) is 0 Å². The second-order valence-electron chi connectivity index (χ2n) is 2.87. The SMILES string of the molecule is CC1=C(C(Cl)CCN)C(=O)NC1=O. The number of amides is 2. The minimum Gasteiger partial charge on any atom is -0.330 e. The first-order valence-electron chi connectivity index (χ1n) is 3.98. The molecule has 3 N–H and O–H groups in total. The molecule has 0 aromatic heterocycles. The molecule has 1 aliphatic heterocycles. The van der Waals surface area contributed by atoms with Gasteiger partial charge in [0.05, 0.1) is 5.38 Å². The first-order valence-corrected chi connectivity index (χ1v) is 4.42. The number of nitrogens with two attached hydrogens (primary N) is 1. The molecule has 0 aromatic rings. The maximum absolute atomic E-state index is 11.2. The van der Waals surface area contributed by atoms with Crippen LogP contribution in [0, 0.1) is 0 Å². The van der Waals surface area contributed by atoms with Crippen LogP contribution in [0.5, 0.6) is 0 Å². The summed E-state index contributed by atoms with van der Waals surface area (Å²) >= 11 is 5.89. The summed E-state index contributed by atoms with van der Waals surface area (Å²) in [7, 11) is 0. The summed E-state index contributed by atoms with van der Waals surface area (Å²) in [5, 5.41) is 1.72. The lowest BCUT2D eigenvalue weighted by atomic mass is 10.1. The van der Waals surface area contributed by atoms with E-state index in [9.17, 15) is 9.59 Å². The lowest BCUT2D eigenvalue weighted by Crippen LogP contribution is -2.25. The average molecular weight is 203 g/mol. The summed E-state index contributed by atoms with van der Waals surface area (Å²) in [6.45, 7) is 1.98. The lowest BCUT2D eigenvalue weighted by molar-refractivity contribution is -0.124. The van der Waals surface area contributed by atoms with Gasteiger partial charge in [-0.15, -0.1) is 11.6 Å². The molecular weight excluding hydrogens is 192 g/mol. The Labute approximate surface area is 81.1 Å². The van der Waals surface area contributed by atoms with Crippen molar-refractivity contribution >= 4 is 23.4 Å². The average Bonchev–Trinajstić information content (AvgIpc) is 2.27. The zero-order valence-corrected chi connectivity index (χ0v) is 8.02. The van der Waals surface area contributed by atoms with Gasteiger partial charge in [0.25, 0.3) is 11.8 Å². The fourth-order valence-corrected chi connectivity index (χ4v) is 1.61. The van der Waals surface area contributed by atoms with Crippen molar-refractivity contribution in [2.24, 2.45) is 5.73 Å². The van der Waals surface area contributed by atoms with Crippen LogP contribution >= 0.6 is 11.6 Å². The highest BCUT2D eigenvalue weighted by molar-refractivity contribution is 6.30. The Bertz CT molecular complexity index is 286. The van der Waals surface area contributed by atoms with E-state index in [1.54, 1.807) is 6.92 Å². The van der Waals surface area contributed by atoms with E-state index in [1.165, 1.54) is 0 Å². The molecule has 5 heteroatoms. The third-order valence-electron chi connectivity index (χ3n) is 1.95. The van der Waals surface area contributed by atoms with Crippen molar-refractivity contribution in [2.45, 2.75) is 18.7 Å². The van der Waals surface area contributed by atoms with Gasteiger partial charge in [0, 0.05) is 11.1 Å². The maximum Gasteiger partial charge on any atom is 0.256 e. The molecule has 0 saturated heterocycles. The Morgan fingerprint density at radius 2 is 2.08 bits per heavy atom. The highest BCUT2D eigenvalue weighted by Gasteiger charge is 2.31. The predicted molar refractivity (Wildman–Crippen MR) is 49.2 cm³/mol. The van der Waals surface area contributed by atoms with E-state index in [-0.39, 0.29) is 5.91 Å². The summed E-state index contributed by atoms with van der Waals surface area (Å²) in [5.41, 5.74) is 6.06. The molecule has 1 unspecified atom stereocenters. The quantitative estimate of drug-likeness (QED) is 0.497. The molecule has 0 fully saturated rings. The standard InChI is InChI=1S/C8H11ClN2O2/c1-4-6(5(9)2-3-10)8(13)11-7(4)12/h5H,2-3,10H2,1H3,(H,11,12,13). The Balaban J connectivity index is 2.88. The van der Waals surface area contributed by atoms with Crippen LogP contribution in [0.2, 0.25) is 0 Å². The number of nitrogens with one attached hydrogen (secondary N) is 1. The molecule has 72 valence electrons. The van der Waals surface area contributed by atoms with Crippen molar-refractivity contribution < 1.29 is 9.59 Å². The molecule has 4 nitrogen and oxygen atoms in total. The van der Waals surface area contributed by atoms with Gasteiger partial charge in [-0.3, -0.25) is 14.9 Å². The van der Waals surface area contributed by atoms with E-state index in [4.69, 9.17) is 17.3 Å². The van der Waals surface area contributed by atoms with E-state index in [0.717, 1.165) is 0 Å². The molecule has 2 amide bonds. The van der Waals surface area contributed by atoms with Crippen LogP contribution in [-0.2, 0) is 9.59 Å². The van der Waals surface area contributed by atoms with Gasteiger partial charge < -0.3 is 5.73 Å². The van der Waals surface area contributed by atoms with Gasteiger partial charge in [0.15, 0.2) is 0 Å². The number of hydrogen-bond acceptors (Lipinski definition) is 3. The van der Waals surface area contributed by atoms with Crippen LogP contribution in [0.4, 0.5) is 0 Å². The molecule has 1 heterocycles. The monoisotopic (exact) mass is 202 g/mol. The third kappa shape index (κ3) is 1.89. The van der Waals surface area contributed by atoms with Crippen LogP contribution < -0.4 is 11.1 Å². The number of alkyl halides is 1. The van der Waals surface area contributed by atoms with Gasteiger partial charge in [-0.1, -0.05) is 0 Å². The van der Waals surface area contributed by atoms with Gasteiger partial charge in [-0.05, 0) is 19.9 Å². The van der Waals surface area contributed by atoms with Crippen LogP contribution in [0.3, 0.4) is 0 Å². The van der Waals surface area contributed by atoms with E-state index >= 15 is 0 Å². The Morgan fingerprint density at radius 3 is 2.46 bits per heavy atom. The Morgan fingerprint density at radius 1 is 1.46 bits per heavy atom. The normalized spacial score (nSPS) is 19.3. The molecule has 1 atom stereocenters. The fourth-order valence-electron chi connectivity index (χ4n) is 1.22. The number of carbonyl (C=O) groups is 2. The first-order chi connectivity index (χ1) is 6.07. The number of imide groups is 1. The second-order valence-corrected chi connectivity index (χ2v) is 3.39. The van der Waals surface area contributed by atoms with Gasteiger partial charge >= 0.3 is 0 Å². The van der Waals surface area contributed by atoms with E-state index in [0.29, 0.717) is 24.1 Å². The zero-order chi connectivity index (χ0) is 10.0. The minimum absolute atomic E-state index is 0.358. The maximum atomic E-state index is 11.2. The molecule has 1 aliphatic rings. The topological polar surface area (TPSA) is 72.2 Å². The van der Waals surface area contributed by atoms with E-state index < -0.39 is 11.3 Å². The van der Waals surface area contributed by atoms with Crippen LogP contribution in [0.15, 0.2) is 11.1 Å². The molecule has 0 radical (unpaired) electrons. The Kier molecular flexibility index (Phi) is 3.06. The second kappa shape index (κ2) is 3.89. The van der Waals surface area contributed by atoms with Crippen LogP contribution in [-0.4, -0.2) is 23.7 Å². The molecular formula is C8H11ClN2O2. The lowest BCUT2D eigenvalue weighted by Gasteiger charge is -2.07. The predicted octanol–water partition coefficient (Wildman–Crippen LogP) is -0.0845. The van der Waals surface area contributed by atoms with Crippen LogP contribution in [0.1, 0.15) is 13.3 Å². The van der Waals surface area contributed by atoms with E-state index in [2.05, 4.69) is 5.32 Å². The van der Waals surface area contributed by atoms with Gasteiger partial charge in [-0.2, -0.15) is 0 Å². The molecule has 0 spiro atoms. The largest absolute Gasteiger partial charge is 0.330 e. The highest BCUT2D eigenvalue weighted by Crippen LogP contribution is 2.21. The third-order valence-corrected chi connectivity index (χ3v) is 2.39. The minimum atomic E-state index is -0.462. The summed E-state index contributed by atoms with van der Waals surface area (Å²) < 4.78 is 0. The molecule has 0 saturated carbocycles. The van der Waals surface area contributed by atoms with Crippen molar-refractivity contribution in [1.29, 1.82) is 0 Å². The summed E-state index contributed by atoms with van der Waals surface area (Å²) in [6, 6.07) is 0. The number of carbonyl (C=O) groups excluding carboxylic acids is 2. The van der Waals surface area contributed by atoms with Crippen LogP contribution in [0.25, 0.3) is 0 Å². The molecule has 0 bridgehead atoms. The molecule has 0 aliphatic carbocycles. The van der Waals surface area contributed by atoms with Gasteiger partial charge in [0.2, 0.25) is 0 Å². The van der Waals surface area contributed by atoms with Crippen molar-refractivity contribution in [3.8, 4) is 0 Å². The van der Waals surface area contributed by atoms with Crippen molar-refractivity contribution in [3.05, 3.63) is 11.1 Å². The smallest absolute Gasteiger partial charge is 0.256 e. The summed E-state index contributed by atoms with van der Waals surface area (Å²) in [4.78, 5) is 22.2. The number of rotatable bonds is 3. The fraction of sp³-hybridized carbons (Fsp3) is 0.500. The van der Waals surface area contributed by atoms with Crippen molar-refractivity contribution in [3.63, 3.8) is 0 Å². The number of hydrogen-bond donors (Lipinski definition) is 2. The highest BCUT2D eigenvalue weighted by atomic mass is 35.5. The van der Waals surface area contributed by atoms with Crippen molar-refractivity contribution in [2.75, 3.05) is 6.54 Å². The summed E-state index contributed by atoms with van der Waals surface area (Å²) in [5.74, 6) is -0.751. The van der Waals surface area contributed by atoms with Crippen molar-refractivity contribution in [1.82, 2.24) is 5.32 Å². The summed E-state index contributed by atoms with van der Waals surface area (Å²) in [6.07, 6.45) is 0.495. The Hall–Kier alpha value is -0.870. The molecule has 13 heavy (non-hydrogen) atoms.